The van der Waals surface area contributed by atoms with E-state index >= 15 is 0 Å². The van der Waals surface area contributed by atoms with Gasteiger partial charge in [-0.1, -0.05) is 19.9 Å². The molecule has 6 nitrogen and oxygen atoms in total. The molecule has 0 amide bonds. The number of benzene rings is 1. The Hall–Kier alpha value is -2.05. The standard InChI is InChI=1S/C21H30N4O2/c1-3-23(4-2)10-8-18-13-24(15-19-7-9-22-25(19)14-18)12-17-5-6-20-21(11-17)27-16-26-20/h5-7,9,11,18H,3-4,8,10,12-16H2,1-2H3. The topological polar surface area (TPSA) is 42.8 Å². The highest BCUT2D eigenvalue weighted by atomic mass is 16.7. The van der Waals surface area contributed by atoms with Crippen molar-refractivity contribution < 1.29 is 9.47 Å². The second kappa shape index (κ2) is 8.31. The Balaban J connectivity index is 1.46. The molecule has 0 spiro atoms. The molecule has 1 aromatic heterocycles. The fraction of sp³-hybridized carbons (Fsp3) is 0.571. The summed E-state index contributed by atoms with van der Waals surface area (Å²) in [6.45, 7) is 12.2. The number of hydrogen-bond acceptors (Lipinski definition) is 5. The molecule has 4 rings (SSSR count). The summed E-state index contributed by atoms with van der Waals surface area (Å²) in [5.74, 6) is 2.33. The molecule has 1 atom stereocenters. The van der Waals surface area contributed by atoms with Gasteiger partial charge in [-0.05, 0) is 55.7 Å². The third kappa shape index (κ3) is 4.28. The number of nitrogens with zero attached hydrogens (tertiary/aromatic N) is 4. The van der Waals surface area contributed by atoms with Crippen molar-refractivity contribution >= 4 is 0 Å². The van der Waals surface area contributed by atoms with Crippen LogP contribution in [0.5, 0.6) is 11.5 Å². The Bertz CT molecular complexity index is 756. The van der Waals surface area contributed by atoms with Gasteiger partial charge in [0.25, 0.3) is 0 Å². The molecule has 0 radical (unpaired) electrons. The van der Waals surface area contributed by atoms with E-state index in [1.807, 2.05) is 12.3 Å². The maximum Gasteiger partial charge on any atom is 0.231 e. The summed E-state index contributed by atoms with van der Waals surface area (Å²) >= 11 is 0. The van der Waals surface area contributed by atoms with Gasteiger partial charge < -0.3 is 14.4 Å². The Morgan fingerprint density at radius 1 is 1.11 bits per heavy atom. The first-order valence-corrected chi connectivity index (χ1v) is 10.1. The smallest absolute Gasteiger partial charge is 0.231 e. The van der Waals surface area contributed by atoms with Crippen LogP contribution in [-0.4, -0.2) is 52.6 Å². The van der Waals surface area contributed by atoms with Crippen LogP contribution in [0.1, 0.15) is 31.5 Å². The van der Waals surface area contributed by atoms with Gasteiger partial charge in [0.2, 0.25) is 6.79 Å². The van der Waals surface area contributed by atoms with Gasteiger partial charge in [-0.15, -0.1) is 0 Å². The summed E-state index contributed by atoms with van der Waals surface area (Å²) in [6.07, 6.45) is 3.14. The van der Waals surface area contributed by atoms with Crippen LogP contribution in [-0.2, 0) is 19.6 Å². The average Bonchev–Trinajstić information content (AvgIpc) is 3.28. The van der Waals surface area contributed by atoms with Crippen molar-refractivity contribution in [1.29, 1.82) is 0 Å². The van der Waals surface area contributed by atoms with Crippen molar-refractivity contribution in [2.45, 2.75) is 39.9 Å². The van der Waals surface area contributed by atoms with E-state index in [-0.39, 0.29) is 0 Å². The lowest BCUT2D eigenvalue weighted by atomic mass is 10.0. The Kier molecular flexibility index (Phi) is 5.64. The van der Waals surface area contributed by atoms with E-state index in [2.05, 4.69) is 51.6 Å². The van der Waals surface area contributed by atoms with Crippen LogP contribution in [0.2, 0.25) is 0 Å². The lowest BCUT2D eigenvalue weighted by Crippen LogP contribution is -2.31. The highest BCUT2D eigenvalue weighted by Crippen LogP contribution is 2.33. The Labute approximate surface area is 161 Å². The largest absolute Gasteiger partial charge is 0.454 e. The minimum atomic E-state index is 0.328. The highest BCUT2D eigenvalue weighted by Gasteiger charge is 2.23. The predicted octanol–water partition coefficient (Wildman–Crippen LogP) is 2.98. The fourth-order valence-electron chi connectivity index (χ4n) is 4.13. The van der Waals surface area contributed by atoms with Crippen LogP contribution in [0.3, 0.4) is 0 Å². The van der Waals surface area contributed by atoms with Crippen molar-refractivity contribution in [3.8, 4) is 11.5 Å². The molecule has 2 aliphatic rings. The maximum absolute atomic E-state index is 5.55. The van der Waals surface area contributed by atoms with Crippen molar-refractivity contribution in [3.63, 3.8) is 0 Å². The highest BCUT2D eigenvalue weighted by molar-refractivity contribution is 5.44. The first kappa shape index (κ1) is 18.3. The van der Waals surface area contributed by atoms with Crippen LogP contribution < -0.4 is 9.47 Å². The van der Waals surface area contributed by atoms with Crippen LogP contribution in [0.15, 0.2) is 30.5 Å². The van der Waals surface area contributed by atoms with Crippen molar-refractivity contribution in [1.82, 2.24) is 19.6 Å². The Morgan fingerprint density at radius 3 is 2.81 bits per heavy atom. The molecule has 27 heavy (non-hydrogen) atoms. The molecule has 3 heterocycles. The van der Waals surface area contributed by atoms with E-state index in [4.69, 9.17) is 9.47 Å². The van der Waals surface area contributed by atoms with Crippen LogP contribution >= 0.6 is 0 Å². The normalized spacial score (nSPS) is 19.3. The quantitative estimate of drug-likeness (QED) is 0.750. The molecule has 0 saturated carbocycles. The summed E-state index contributed by atoms with van der Waals surface area (Å²) < 4.78 is 13.2. The summed E-state index contributed by atoms with van der Waals surface area (Å²) in [5.41, 5.74) is 2.58. The zero-order valence-electron chi connectivity index (χ0n) is 16.4. The first-order valence-electron chi connectivity index (χ1n) is 10.1. The summed E-state index contributed by atoms with van der Waals surface area (Å²) in [4.78, 5) is 5.06. The van der Waals surface area contributed by atoms with E-state index < -0.39 is 0 Å². The number of aromatic nitrogens is 2. The van der Waals surface area contributed by atoms with Gasteiger partial charge in [0.15, 0.2) is 11.5 Å². The van der Waals surface area contributed by atoms with Crippen molar-refractivity contribution in [2.24, 2.45) is 5.92 Å². The minimum absolute atomic E-state index is 0.328. The molecule has 0 fully saturated rings. The van der Waals surface area contributed by atoms with E-state index in [0.29, 0.717) is 12.7 Å². The number of fused-ring (bicyclic) bond motifs is 2. The monoisotopic (exact) mass is 370 g/mol. The van der Waals surface area contributed by atoms with Crippen molar-refractivity contribution in [3.05, 3.63) is 41.7 Å². The first-order chi connectivity index (χ1) is 13.2. The molecule has 1 unspecified atom stereocenters. The molecule has 0 aliphatic carbocycles. The van der Waals surface area contributed by atoms with Gasteiger partial charge in [-0.2, -0.15) is 5.10 Å². The molecule has 0 N–H and O–H groups in total. The van der Waals surface area contributed by atoms with Gasteiger partial charge in [-0.25, -0.2) is 0 Å². The number of hydrogen-bond donors (Lipinski definition) is 0. The summed E-state index contributed by atoms with van der Waals surface area (Å²) in [6, 6.07) is 8.45. The van der Waals surface area contributed by atoms with Gasteiger partial charge >= 0.3 is 0 Å². The molecule has 2 aliphatic heterocycles. The molecule has 146 valence electrons. The van der Waals surface area contributed by atoms with Crippen LogP contribution in [0.25, 0.3) is 0 Å². The van der Waals surface area contributed by atoms with Crippen LogP contribution in [0, 0.1) is 5.92 Å². The third-order valence-corrected chi connectivity index (χ3v) is 5.73. The SMILES string of the molecule is CCN(CC)CCC1CN(Cc2ccc3c(c2)OCO3)Cc2ccnn2C1. The molecule has 2 aromatic rings. The predicted molar refractivity (Wildman–Crippen MR) is 105 cm³/mol. The summed E-state index contributed by atoms with van der Waals surface area (Å²) in [7, 11) is 0. The fourth-order valence-corrected chi connectivity index (χ4v) is 4.13. The second-order valence-electron chi connectivity index (χ2n) is 7.54. The van der Waals surface area contributed by atoms with Gasteiger partial charge in [0.1, 0.15) is 0 Å². The van der Waals surface area contributed by atoms with E-state index in [1.54, 1.807) is 0 Å². The molecule has 6 heteroatoms. The molecule has 0 saturated heterocycles. The average molecular weight is 370 g/mol. The number of rotatable bonds is 7. The minimum Gasteiger partial charge on any atom is -0.454 e. The molecule has 1 aromatic carbocycles. The molecular weight excluding hydrogens is 340 g/mol. The molecular formula is C21H30N4O2. The van der Waals surface area contributed by atoms with Crippen LogP contribution in [0.4, 0.5) is 0 Å². The zero-order chi connectivity index (χ0) is 18.6. The van der Waals surface area contributed by atoms with E-state index in [9.17, 15) is 0 Å². The van der Waals surface area contributed by atoms with Gasteiger partial charge in [-0.3, -0.25) is 9.58 Å². The third-order valence-electron chi connectivity index (χ3n) is 5.73. The second-order valence-corrected chi connectivity index (χ2v) is 7.54. The lowest BCUT2D eigenvalue weighted by molar-refractivity contribution is 0.173. The summed E-state index contributed by atoms with van der Waals surface area (Å²) in [5, 5.41) is 4.56. The van der Waals surface area contributed by atoms with E-state index in [0.717, 1.165) is 57.3 Å². The Morgan fingerprint density at radius 2 is 1.96 bits per heavy atom. The van der Waals surface area contributed by atoms with E-state index in [1.165, 1.54) is 17.7 Å². The maximum atomic E-state index is 5.55. The van der Waals surface area contributed by atoms with Gasteiger partial charge in [0, 0.05) is 32.4 Å². The number of ether oxygens (including phenoxy) is 2. The zero-order valence-corrected chi connectivity index (χ0v) is 16.4. The molecule has 0 bridgehead atoms. The van der Waals surface area contributed by atoms with Gasteiger partial charge in [0.05, 0.1) is 5.69 Å². The van der Waals surface area contributed by atoms with Crippen molar-refractivity contribution in [2.75, 3.05) is 33.0 Å². The lowest BCUT2D eigenvalue weighted by Gasteiger charge is -2.26.